The van der Waals surface area contributed by atoms with Crippen molar-refractivity contribution >= 4 is 28.6 Å². The van der Waals surface area contributed by atoms with Crippen LogP contribution >= 0.6 is 0 Å². The molecule has 0 saturated heterocycles. The van der Waals surface area contributed by atoms with Crippen LogP contribution in [0.5, 0.6) is 0 Å². The Hall–Kier alpha value is -2.45. The molecule has 136 valence electrons. The van der Waals surface area contributed by atoms with Crippen LogP contribution in [0.2, 0.25) is 0 Å². The number of aromatic nitrogens is 1. The SMILES string of the molecule is COCCc1nc2cc(NC(=O)CNC(=O)[C@@H](N)C(C)C)ccc2o1. The second kappa shape index (κ2) is 8.59. The third-order valence-electron chi connectivity index (χ3n) is 3.68. The molecule has 0 fully saturated rings. The molecule has 2 amide bonds. The van der Waals surface area contributed by atoms with Crippen LogP contribution in [0.4, 0.5) is 5.69 Å². The monoisotopic (exact) mass is 348 g/mol. The lowest BCUT2D eigenvalue weighted by Crippen LogP contribution is -2.46. The van der Waals surface area contributed by atoms with Crippen molar-refractivity contribution in [3.8, 4) is 0 Å². The average Bonchev–Trinajstić information content (AvgIpc) is 2.99. The smallest absolute Gasteiger partial charge is 0.243 e. The highest BCUT2D eigenvalue weighted by Gasteiger charge is 2.17. The summed E-state index contributed by atoms with van der Waals surface area (Å²) >= 11 is 0. The molecule has 1 aromatic carbocycles. The second-order valence-electron chi connectivity index (χ2n) is 6.07. The molecule has 0 aliphatic heterocycles. The number of ether oxygens (including phenoxy) is 1. The van der Waals surface area contributed by atoms with Crippen molar-refractivity contribution in [1.82, 2.24) is 10.3 Å². The molecule has 0 bridgehead atoms. The van der Waals surface area contributed by atoms with Crippen molar-refractivity contribution < 1.29 is 18.7 Å². The summed E-state index contributed by atoms with van der Waals surface area (Å²) in [6.45, 7) is 4.07. The number of hydrogen-bond donors (Lipinski definition) is 3. The van der Waals surface area contributed by atoms with Gasteiger partial charge in [0, 0.05) is 19.2 Å². The Bertz CT molecular complexity index is 741. The van der Waals surface area contributed by atoms with Crippen LogP contribution in [0.15, 0.2) is 22.6 Å². The van der Waals surface area contributed by atoms with E-state index in [1.54, 1.807) is 25.3 Å². The zero-order chi connectivity index (χ0) is 18.4. The maximum absolute atomic E-state index is 12.0. The topological polar surface area (TPSA) is 119 Å². The molecule has 2 aromatic rings. The van der Waals surface area contributed by atoms with Gasteiger partial charge in [-0.3, -0.25) is 9.59 Å². The van der Waals surface area contributed by atoms with E-state index in [0.717, 1.165) is 0 Å². The lowest BCUT2D eigenvalue weighted by molar-refractivity contribution is -0.125. The van der Waals surface area contributed by atoms with Crippen LogP contribution in [-0.4, -0.2) is 43.1 Å². The van der Waals surface area contributed by atoms with Crippen molar-refractivity contribution in [1.29, 1.82) is 0 Å². The Morgan fingerprint density at radius 1 is 1.36 bits per heavy atom. The fraction of sp³-hybridized carbons (Fsp3) is 0.471. The summed E-state index contributed by atoms with van der Waals surface area (Å²) in [6.07, 6.45) is 0.578. The van der Waals surface area contributed by atoms with E-state index in [9.17, 15) is 9.59 Å². The number of nitrogens with two attached hydrogens (primary N) is 1. The third-order valence-corrected chi connectivity index (χ3v) is 3.68. The minimum atomic E-state index is -0.634. The quantitative estimate of drug-likeness (QED) is 0.656. The van der Waals surface area contributed by atoms with Crippen LogP contribution < -0.4 is 16.4 Å². The molecule has 1 atom stereocenters. The van der Waals surface area contributed by atoms with E-state index in [-0.39, 0.29) is 24.3 Å². The lowest BCUT2D eigenvalue weighted by Gasteiger charge is -2.15. The first kappa shape index (κ1) is 18.9. The Morgan fingerprint density at radius 3 is 2.80 bits per heavy atom. The van der Waals surface area contributed by atoms with Gasteiger partial charge in [0.2, 0.25) is 11.8 Å². The fourth-order valence-corrected chi connectivity index (χ4v) is 2.14. The van der Waals surface area contributed by atoms with Crippen LogP contribution in [0.1, 0.15) is 19.7 Å². The van der Waals surface area contributed by atoms with Crippen molar-refractivity contribution in [2.75, 3.05) is 25.6 Å². The Balaban J connectivity index is 1.93. The summed E-state index contributed by atoms with van der Waals surface area (Å²) in [5.41, 5.74) is 7.59. The molecular weight excluding hydrogens is 324 g/mol. The van der Waals surface area contributed by atoms with E-state index in [2.05, 4.69) is 15.6 Å². The Labute approximate surface area is 146 Å². The summed E-state index contributed by atoms with van der Waals surface area (Å²) in [4.78, 5) is 28.1. The third kappa shape index (κ3) is 5.27. The van der Waals surface area contributed by atoms with E-state index in [1.807, 2.05) is 13.8 Å². The molecular formula is C17H24N4O4. The number of carbonyl (C=O) groups is 2. The summed E-state index contributed by atoms with van der Waals surface area (Å²) in [5, 5.41) is 5.23. The van der Waals surface area contributed by atoms with Gasteiger partial charge < -0.3 is 25.5 Å². The number of amides is 2. The van der Waals surface area contributed by atoms with Crippen molar-refractivity contribution in [2.45, 2.75) is 26.3 Å². The van der Waals surface area contributed by atoms with Crippen LogP contribution in [0.3, 0.4) is 0 Å². The van der Waals surface area contributed by atoms with E-state index < -0.39 is 6.04 Å². The highest BCUT2D eigenvalue weighted by atomic mass is 16.5. The van der Waals surface area contributed by atoms with Gasteiger partial charge in [0.15, 0.2) is 11.5 Å². The fourth-order valence-electron chi connectivity index (χ4n) is 2.14. The average molecular weight is 348 g/mol. The molecule has 1 heterocycles. The molecule has 25 heavy (non-hydrogen) atoms. The number of anilines is 1. The molecule has 0 aliphatic rings. The molecule has 0 radical (unpaired) electrons. The molecule has 0 spiro atoms. The molecule has 8 nitrogen and oxygen atoms in total. The number of methoxy groups -OCH3 is 1. The zero-order valence-corrected chi connectivity index (χ0v) is 14.7. The number of rotatable bonds is 8. The summed E-state index contributed by atoms with van der Waals surface area (Å²) in [5.74, 6) is -0.105. The molecule has 4 N–H and O–H groups in total. The van der Waals surface area contributed by atoms with Gasteiger partial charge in [0.1, 0.15) is 5.52 Å². The van der Waals surface area contributed by atoms with Gasteiger partial charge in [0.05, 0.1) is 19.2 Å². The van der Waals surface area contributed by atoms with Crippen LogP contribution in [0.25, 0.3) is 11.1 Å². The summed E-state index contributed by atoms with van der Waals surface area (Å²) in [7, 11) is 1.61. The standard InChI is InChI=1S/C17H24N4O4/c1-10(2)16(18)17(23)19-9-14(22)20-11-4-5-13-12(8-11)21-15(25-13)6-7-24-3/h4-5,8,10,16H,6-7,9,18H2,1-3H3,(H,19,23)(H,20,22)/t16-/m0/s1. The molecule has 0 unspecified atom stereocenters. The van der Waals surface area contributed by atoms with Gasteiger partial charge in [-0.2, -0.15) is 0 Å². The van der Waals surface area contributed by atoms with E-state index in [4.69, 9.17) is 14.9 Å². The number of benzene rings is 1. The molecule has 8 heteroatoms. The molecule has 0 aliphatic carbocycles. The van der Waals surface area contributed by atoms with E-state index >= 15 is 0 Å². The predicted molar refractivity (Wildman–Crippen MR) is 94.0 cm³/mol. The van der Waals surface area contributed by atoms with Crippen molar-refractivity contribution in [2.24, 2.45) is 11.7 Å². The highest BCUT2D eigenvalue weighted by Crippen LogP contribution is 2.20. The van der Waals surface area contributed by atoms with Gasteiger partial charge in [-0.1, -0.05) is 13.8 Å². The van der Waals surface area contributed by atoms with Gasteiger partial charge >= 0.3 is 0 Å². The van der Waals surface area contributed by atoms with E-state index in [1.165, 1.54) is 0 Å². The number of fused-ring (bicyclic) bond motifs is 1. The Morgan fingerprint density at radius 2 is 2.12 bits per heavy atom. The van der Waals surface area contributed by atoms with Gasteiger partial charge in [0.25, 0.3) is 0 Å². The first-order chi connectivity index (χ1) is 11.9. The normalized spacial score (nSPS) is 12.4. The number of nitrogens with one attached hydrogen (secondary N) is 2. The van der Waals surface area contributed by atoms with Gasteiger partial charge in [-0.15, -0.1) is 0 Å². The summed E-state index contributed by atoms with van der Waals surface area (Å²) in [6, 6.07) is 4.54. The van der Waals surface area contributed by atoms with Gasteiger partial charge in [-0.05, 0) is 24.1 Å². The second-order valence-corrected chi connectivity index (χ2v) is 6.07. The molecule has 1 aromatic heterocycles. The highest BCUT2D eigenvalue weighted by molar-refractivity contribution is 5.96. The maximum Gasteiger partial charge on any atom is 0.243 e. The van der Waals surface area contributed by atoms with Gasteiger partial charge in [-0.25, -0.2) is 4.98 Å². The number of oxazole rings is 1. The summed E-state index contributed by atoms with van der Waals surface area (Å²) < 4.78 is 10.6. The maximum atomic E-state index is 12.0. The minimum absolute atomic E-state index is 0.00457. The number of hydrogen-bond acceptors (Lipinski definition) is 6. The predicted octanol–water partition coefficient (Wildman–Crippen LogP) is 1.05. The number of nitrogens with zero attached hydrogens (tertiary/aromatic N) is 1. The van der Waals surface area contributed by atoms with Crippen LogP contribution in [0, 0.1) is 5.92 Å². The zero-order valence-electron chi connectivity index (χ0n) is 14.7. The first-order valence-electron chi connectivity index (χ1n) is 8.12. The van der Waals surface area contributed by atoms with Crippen molar-refractivity contribution in [3.63, 3.8) is 0 Å². The Kier molecular flexibility index (Phi) is 6.49. The first-order valence-corrected chi connectivity index (χ1v) is 8.12. The molecule has 0 saturated carbocycles. The number of carbonyl (C=O) groups excluding carboxylic acids is 2. The van der Waals surface area contributed by atoms with Crippen LogP contribution in [-0.2, 0) is 20.7 Å². The largest absolute Gasteiger partial charge is 0.441 e. The minimum Gasteiger partial charge on any atom is -0.441 e. The van der Waals surface area contributed by atoms with Crippen molar-refractivity contribution in [3.05, 3.63) is 24.1 Å². The molecule has 2 rings (SSSR count). The lowest BCUT2D eigenvalue weighted by atomic mass is 10.1. The van der Waals surface area contributed by atoms with E-state index in [0.29, 0.717) is 35.7 Å².